The first-order valence-corrected chi connectivity index (χ1v) is 24.1. The van der Waals surface area contributed by atoms with Crippen LogP contribution < -0.4 is 0 Å². The van der Waals surface area contributed by atoms with Crippen LogP contribution in [0.5, 0.6) is 0 Å². The first kappa shape index (κ1) is 53.8. The third kappa shape index (κ3) is 42.3. The van der Waals surface area contributed by atoms with E-state index in [-0.39, 0.29) is 24.0 Å². The molecule has 1 rings (SSSR count). The molecule has 0 amide bonds. The van der Waals surface area contributed by atoms with Crippen LogP contribution >= 0.6 is 0 Å². The standard InChI is InChI=1S/C32H61NO5.C16H34O/c1-4-5-6-7-8-9-10-11-12-13-14-15-16-17-24-36-25-19-26-37-32(35)28-29-21-22-30(27-29)38-31(34)20-18-23-33(2)3;1-2-3-4-5-6-7-8-9-10-11-12-13-14-15-16-17/h29-30H,4-28H2,1-3H3;17H,2-16H2,1H3. The zero-order chi connectivity index (χ0) is 40.3. The summed E-state index contributed by atoms with van der Waals surface area (Å²) in [5.41, 5.74) is 0. The fourth-order valence-corrected chi connectivity index (χ4v) is 7.55. The molecule has 0 aromatic carbocycles. The fraction of sp³-hybridized carbons (Fsp3) is 0.958. The first-order valence-electron chi connectivity index (χ1n) is 24.1. The van der Waals surface area contributed by atoms with Gasteiger partial charge in [0.25, 0.3) is 0 Å². The monoisotopic (exact) mass is 782 g/mol. The Kier molecular flexibility index (Phi) is 43.0. The number of esters is 2. The summed E-state index contributed by atoms with van der Waals surface area (Å²) in [5, 5.41) is 8.64. The molecule has 0 heterocycles. The lowest BCUT2D eigenvalue weighted by Crippen LogP contribution is -2.18. The molecule has 7 heteroatoms. The van der Waals surface area contributed by atoms with Gasteiger partial charge in [0.15, 0.2) is 0 Å². The molecule has 0 radical (unpaired) electrons. The molecule has 7 nitrogen and oxygen atoms in total. The molecule has 1 aliphatic rings. The van der Waals surface area contributed by atoms with Crippen LogP contribution in [0, 0.1) is 5.92 Å². The summed E-state index contributed by atoms with van der Waals surface area (Å²) in [7, 11) is 4.00. The van der Waals surface area contributed by atoms with Gasteiger partial charge >= 0.3 is 11.9 Å². The van der Waals surface area contributed by atoms with Crippen molar-refractivity contribution < 1.29 is 28.9 Å². The maximum Gasteiger partial charge on any atom is 0.306 e. The van der Waals surface area contributed by atoms with E-state index in [4.69, 9.17) is 19.3 Å². The highest BCUT2D eigenvalue weighted by molar-refractivity contribution is 5.70. The van der Waals surface area contributed by atoms with Gasteiger partial charge in [-0.05, 0) is 65.1 Å². The maximum absolute atomic E-state index is 12.1. The highest BCUT2D eigenvalue weighted by atomic mass is 16.5. The SMILES string of the molecule is CCCCCCCCCCCCCCCCO.CCCCCCCCCCCCCCCCOCCCOC(=O)CC1CCC(OC(=O)CCCN(C)C)C1. The van der Waals surface area contributed by atoms with Crippen molar-refractivity contribution in [3.8, 4) is 0 Å². The van der Waals surface area contributed by atoms with Gasteiger partial charge in [-0.3, -0.25) is 9.59 Å². The van der Waals surface area contributed by atoms with Gasteiger partial charge < -0.3 is 24.2 Å². The third-order valence-corrected chi connectivity index (χ3v) is 11.1. The molecule has 0 saturated heterocycles. The summed E-state index contributed by atoms with van der Waals surface area (Å²) in [6, 6.07) is 0. The van der Waals surface area contributed by atoms with Crippen molar-refractivity contribution in [2.45, 2.75) is 245 Å². The second kappa shape index (κ2) is 43.9. The Labute approximate surface area is 342 Å². The number of unbranched alkanes of at least 4 members (excludes halogenated alkanes) is 26. The molecule has 1 saturated carbocycles. The highest BCUT2D eigenvalue weighted by Gasteiger charge is 2.29. The molecule has 2 atom stereocenters. The Hall–Kier alpha value is -1.18. The normalized spacial score (nSPS) is 15.3. The van der Waals surface area contributed by atoms with E-state index in [2.05, 4.69) is 18.7 Å². The molecule has 1 aliphatic carbocycles. The topological polar surface area (TPSA) is 85.3 Å². The molecular weight excluding hydrogens is 687 g/mol. The Morgan fingerprint density at radius 1 is 0.527 bits per heavy atom. The Bertz CT molecular complexity index is 778. The van der Waals surface area contributed by atoms with Gasteiger partial charge in [-0.2, -0.15) is 0 Å². The number of hydrogen-bond donors (Lipinski definition) is 1. The summed E-state index contributed by atoms with van der Waals surface area (Å²) < 4.78 is 16.7. The predicted molar refractivity (Wildman–Crippen MR) is 234 cm³/mol. The summed E-state index contributed by atoms with van der Waals surface area (Å²) in [4.78, 5) is 26.2. The molecule has 328 valence electrons. The van der Waals surface area contributed by atoms with Crippen molar-refractivity contribution in [2.24, 2.45) is 5.92 Å². The second-order valence-electron chi connectivity index (χ2n) is 17.0. The van der Waals surface area contributed by atoms with Gasteiger partial charge in [0, 0.05) is 39.1 Å². The van der Waals surface area contributed by atoms with Crippen molar-refractivity contribution >= 4 is 11.9 Å². The largest absolute Gasteiger partial charge is 0.466 e. The average molecular weight is 782 g/mol. The predicted octanol–water partition coefficient (Wildman–Crippen LogP) is 13.3. The molecule has 0 bridgehead atoms. The summed E-state index contributed by atoms with van der Waals surface area (Å²) >= 11 is 0. The van der Waals surface area contributed by atoms with Gasteiger partial charge in [-0.25, -0.2) is 0 Å². The van der Waals surface area contributed by atoms with Crippen molar-refractivity contribution in [2.75, 3.05) is 47.1 Å². The number of hydrogen-bond acceptors (Lipinski definition) is 7. The number of carbonyl (C=O) groups is 2. The number of aliphatic hydroxyl groups excluding tert-OH is 1. The molecule has 1 fully saturated rings. The van der Waals surface area contributed by atoms with E-state index in [0.717, 1.165) is 58.1 Å². The molecule has 0 aromatic heterocycles. The molecule has 1 N–H and O–H groups in total. The summed E-state index contributed by atoms with van der Waals surface area (Å²) in [6.07, 6.45) is 43.3. The summed E-state index contributed by atoms with van der Waals surface area (Å²) in [6.45, 7) is 7.71. The van der Waals surface area contributed by atoms with E-state index in [1.165, 1.54) is 167 Å². The van der Waals surface area contributed by atoms with Gasteiger partial charge in [0.2, 0.25) is 0 Å². The Morgan fingerprint density at radius 2 is 0.964 bits per heavy atom. The van der Waals surface area contributed by atoms with E-state index in [0.29, 0.717) is 32.7 Å². The Morgan fingerprint density at radius 3 is 1.42 bits per heavy atom. The zero-order valence-electron chi connectivity index (χ0n) is 37.4. The molecule has 55 heavy (non-hydrogen) atoms. The van der Waals surface area contributed by atoms with Crippen LogP contribution in [-0.2, 0) is 23.8 Å². The van der Waals surface area contributed by atoms with Crippen molar-refractivity contribution in [1.29, 1.82) is 0 Å². The van der Waals surface area contributed by atoms with Gasteiger partial charge in [0.1, 0.15) is 6.10 Å². The van der Waals surface area contributed by atoms with E-state index in [1.54, 1.807) is 0 Å². The third-order valence-electron chi connectivity index (χ3n) is 11.1. The van der Waals surface area contributed by atoms with Gasteiger partial charge in [0.05, 0.1) is 6.61 Å². The molecule has 0 spiro atoms. The van der Waals surface area contributed by atoms with Crippen molar-refractivity contribution in [3.63, 3.8) is 0 Å². The van der Waals surface area contributed by atoms with Crippen LogP contribution in [0.3, 0.4) is 0 Å². The lowest BCUT2D eigenvalue weighted by molar-refractivity contribution is -0.149. The van der Waals surface area contributed by atoms with E-state index in [9.17, 15) is 9.59 Å². The lowest BCUT2D eigenvalue weighted by atomic mass is 10.0. The van der Waals surface area contributed by atoms with Crippen LogP contribution in [0.2, 0.25) is 0 Å². The highest BCUT2D eigenvalue weighted by Crippen LogP contribution is 2.31. The lowest BCUT2D eigenvalue weighted by Gasteiger charge is -2.14. The minimum atomic E-state index is -0.139. The van der Waals surface area contributed by atoms with Crippen molar-refractivity contribution in [3.05, 3.63) is 0 Å². The summed E-state index contributed by atoms with van der Waals surface area (Å²) in [5.74, 6) is 0.00717. The number of carbonyl (C=O) groups excluding carboxylic acids is 2. The number of rotatable bonds is 40. The second-order valence-corrected chi connectivity index (χ2v) is 17.0. The van der Waals surface area contributed by atoms with Crippen LogP contribution in [0.1, 0.15) is 239 Å². The van der Waals surface area contributed by atoms with Crippen LogP contribution in [0.4, 0.5) is 0 Å². The van der Waals surface area contributed by atoms with E-state index < -0.39 is 0 Å². The maximum atomic E-state index is 12.1. The fourth-order valence-electron chi connectivity index (χ4n) is 7.55. The minimum absolute atomic E-state index is 0.0389. The van der Waals surface area contributed by atoms with Crippen molar-refractivity contribution in [1.82, 2.24) is 4.90 Å². The van der Waals surface area contributed by atoms with Crippen LogP contribution in [-0.4, -0.2) is 75.1 Å². The Balaban J connectivity index is 0.00000143. The molecule has 0 aromatic rings. The van der Waals surface area contributed by atoms with Crippen LogP contribution in [0.15, 0.2) is 0 Å². The minimum Gasteiger partial charge on any atom is -0.466 e. The number of ether oxygens (including phenoxy) is 3. The smallest absolute Gasteiger partial charge is 0.306 e. The number of aliphatic hydroxyl groups is 1. The average Bonchev–Trinajstić information content (AvgIpc) is 3.60. The quantitative estimate of drug-likeness (QED) is 0.0489. The zero-order valence-corrected chi connectivity index (χ0v) is 37.4. The molecular formula is C48H95NO6. The van der Waals surface area contributed by atoms with Gasteiger partial charge in [-0.1, -0.05) is 181 Å². The molecule has 0 aliphatic heterocycles. The number of nitrogens with zero attached hydrogens (tertiary/aromatic N) is 1. The first-order chi connectivity index (χ1) is 26.9. The van der Waals surface area contributed by atoms with E-state index in [1.807, 2.05) is 14.1 Å². The van der Waals surface area contributed by atoms with Gasteiger partial charge in [-0.15, -0.1) is 0 Å². The van der Waals surface area contributed by atoms with Crippen LogP contribution in [0.25, 0.3) is 0 Å². The van der Waals surface area contributed by atoms with E-state index >= 15 is 0 Å². The molecule has 2 unspecified atom stereocenters.